The lowest BCUT2D eigenvalue weighted by molar-refractivity contribution is -0.136. The molecule has 2 saturated heterocycles. The van der Waals surface area contributed by atoms with Gasteiger partial charge in [-0.15, -0.1) is 0 Å². The number of amides is 1. The van der Waals surface area contributed by atoms with Gasteiger partial charge in [-0.2, -0.15) is 5.10 Å². The summed E-state index contributed by atoms with van der Waals surface area (Å²) >= 11 is 0. The van der Waals surface area contributed by atoms with Crippen LogP contribution in [0.2, 0.25) is 0 Å². The Morgan fingerprint density at radius 1 is 1.23 bits per heavy atom. The molecule has 0 radical (unpaired) electrons. The molecule has 0 spiro atoms. The molecule has 3 rings (SSSR count). The van der Waals surface area contributed by atoms with Crippen LogP contribution in [0.15, 0.2) is 0 Å². The molecule has 3 heterocycles. The van der Waals surface area contributed by atoms with Crippen molar-refractivity contribution in [2.75, 3.05) is 46.8 Å². The second kappa shape index (κ2) is 8.53. The molecule has 0 aromatic carbocycles. The minimum absolute atomic E-state index is 0.167. The minimum Gasteiger partial charge on any atom is -0.345 e. The summed E-state index contributed by atoms with van der Waals surface area (Å²) < 4.78 is 0. The van der Waals surface area contributed by atoms with Gasteiger partial charge in [0.05, 0.1) is 11.6 Å². The number of aromatic amines is 1. The van der Waals surface area contributed by atoms with Crippen molar-refractivity contribution >= 4 is 5.91 Å². The smallest absolute Gasteiger partial charge is 0.226 e. The van der Waals surface area contributed by atoms with Gasteiger partial charge in [0, 0.05) is 31.9 Å². The van der Waals surface area contributed by atoms with Crippen molar-refractivity contribution in [1.29, 1.82) is 0 Å². The van der Waals surface area contributed by atoms with E-state index in [2.05, 4.69) is 34.0 Å². The first-order valence-corrected chi connectivity index (χ1v) is 10.1. The third kappa shape index (κ3) is 4.46. The number of carbonyl (C=O) groups excluding carboxylic acids is 1. The van der Waals surface area contributed by atoms with E-state index >= 15 is 0 Å². The van der Waals surface area contributed by atoms with Crippen LogP contribution in [-0.2, 0) is 11.2 Å². The van der Waals surface area contributed by atoms with Gasteiger partial charge in [0.15, 0.2) is 0 Å². The molecule has 26 heavy (non-hydrogen) atoms. The molecule has 1 N–H and O–H groups in total. The van der Waals surface area contributed by atoms with E-state index in [4.69, 9.17) is 0 Å². The highest BCUT2D eigenvalue weighted by Gasteiger charge is 2.32. The largest absolute Gasteiger partial charge is 0.345 e. The van der Waals surface area contributed by atoms with E-state index in [1.807, 2.05) is 18.9 Å². The number of likely N-dealkylation sites (N-methyl/N-ethyl adjacent to an activating group) is 1. The zero-order valence-electron chi connectivity index (χ0n) is 16.9. The highest BCUT2D eigenvalue weighted by atomic mass is 16.2. The second-order valence-corrected chi connectivity index (χ2v) is 8.29. The average Bonchev–Trinajstić information content (AvgIpc) is 2.97. The Kier molecular flexibility index (Phi) is 6.35. The van der Waals surface area contributed by atoms with Gasteiger partial charge in [0.1, 0.15) is 0 Å². The zero-order chi connectivity index (χ0) is 18.7. The summed E-state index contributed by atoms with van der Waals surface area (Å²) in [6.45, 7) is 9.33. The predicted octanol–water partition coefficient (Wildman–Crippen LogP) is 1.83. The Bertz CT molecular complexity index is 586. The van der Waals surface area contributed by atoms with Gasteiger partial charge in [0.25, 0.3) is 0 Å². The van der Waals surface area contributed by atoms with Crippen molar-refractivity contribution in [3.63, 3.8) is 0 Å². The lowest BCUT2D eigenvalue weighted by Gasteiger charge is -2.41. The highest BCUT2D eigenvalue weighted by molar-refractivity contribution is 5.79. The van der Waals surface area contributed by atoms with Crippen LogP contribution in [0.25, 0.3) is 0 Å². The van der Waals surface area contributed by atoms with Crippen LogP contribution in [-0.4, -0.2) is 83.7 Å². The van der Waals surface area contributed by atoms with Crippen molar-refractivity contribution in [2.45, 2.75) is 52.0 Å². The van der Waals surface area contributed by atoms with Crippen LogP contribution < -0.4 is 0 Å². The van der Waals surface area contributed by atoms with Crippen molar-refractivity contribution in [1.82, 2.24) is 24.9 Å². The van der Waals surface area contributed by atoms with Crippen LogP contribution in [0.5, 0.6) is 0 Å². The number of rotatable bonds is 5. The molecule has 1 amide bonds. The first kappa shape index (κ1) is 19.4. The first-order valence-electron chi connectivity index (χ1n) is 10.1. The molecule has 6 nitrogen and oxygen atoms in total. The normalized spacial score (nSPS) is 23.3. The fourth-order valence-electron chi connectivity index (χ4n) is 4.54. The molecule has 0 saturated carbocycles. The summed E-state index contributed by atoms with van der Waals surface area (Å²) in [6, 6.07) is 0.670. The lowest BCUT2D eigenvalue weighted by Crippen LogP contribution is -2.50. The van der Waals surface area contributed by atoms with Gasteiger partial charge in [-0.1, -0.05) is 0 Å². The number of piperidine rings is 2. The number of likely N-dealkylation sites (tertiary alicyclic amines) is 2. The lowest BCUT2D eigenvalue weighted by atomic mass is 9.93. The van der Waals surface area contributed by atoms with Gasteiger partial charge in [-0.25, -0.2) is 0 Å². The maximum absolute atomic E-state index is 13.0. The zero-order valence-corrected chi connectivity index (χ0v) is 16.9. The molecule has 0 aliphatic carbocycles. The maximum Gasteiger partial charge on any atom is 0.226 e. The molecule has 0 bridgehead atoms. The third-order valence-corrected chi connectivity index (χ3v) is 6.36. The maximum atomic E-state index is 13.0. The molecule has 2 aliphatic heterocycles. The SMILES string of the molecule is Cc1n[nH]c(C)c1CCN(C)C(=O)C1CCCN(C2CCN(C)CC2)C1. The highest BCUT2D eigenvalue weighted by Crippen LogP contribution is 2.24. The van der Waals surface area contributed by atoms with Crippen LogP contribution >= 0.6 is 0 Å². The monoisotopic (exact) mass is 361 g/mol. The molecule has 2 aliphatic rings. The van der Waals surface area contributed by atoms with Gasteiger partial charge in [-0.05, 0) is 78.2 Å². The molecular formula is C20H35N5O. The second-order valence-electron chi connectivity index (χ2n) is 8.29. The van der Waals surface area contributed by atoms with Crippen molar-refractivity contribution in [2.24, 2.45) is 5.92 Å². The number of aryl methyl sites for hydroxylation is 2. The van der Waals surface area contributed by atoms with E-state index in [1.165, 1.54) is 31.5 Å². The van der Waals surface area contributed by atoms with Gasteiger partial charge in [0.2, 0.25) is 5.91 Å². The number of H-pyrrole nitrogens is 1. The van der Waals surface area contributed by atoms with Crippen molar-refractivity contribution in [3.8, 4) is 0 Å². The van der Waals surface area contributed by atoms with Crippen molar-refractivity contribution < 1.29 is 4.79 Å². The molecule has 1 aromatic heterocycles. The topological polar surface area (TPSA) is 55.5 Å². The van der Waals surface area contributed by atoms with Crippen LogP contribution in [0, 0.1) is 19.8 Å². The van der Waals surface area contributed by atoms with Gasteiger partial charge >= 0.3 is 0 Å². The standard InChI is InChI=1S/C20H35N5O/c1-15-19(16(2)22-21-15)9-13-24(4)20(26)17-6-5-10-25(14-17)18-7-11-23(3)12-8-18/h17-18H,5-14H2,1-4H3,(H,21,22). The molecule has 1 atom stereocenters. The summed E-state index contributed by atoms with van der Waals surface area (Å²) in [5, 5.41) is 7.29. The summed E-state index contributed by atoms with van der Waals surface area (Å²) in [5.74, 6) is 0.487. The molecule has 6 heteroatoms. The minimum atomic E-state index is 0.167. The fraction of sp³-hybridized carbons (Fsp3) is 0.800. The van der Waals surface area contributed by atoms with Gasteiger partial charge in [-0.3, -0.25) is 14.8 Å². The van der Waals surface area contributed by atoms with E-state index in [1.54, 1.807) is 0 Å². The Morgan fingerprint density at radius 2 is 1.96 bits per heavy atom. The molecule has 2 fully saturated rings. The Labute approximate surface area is 157 Å². The number of carbonyl (C=O) groups is 1. The number of hydrogen-bond acceptors (Lipinski definition) is 4. The van der Waals surface area contributed by atoms with E-state index < -0.39 is 0 Å². The summed E-state index contributed by atoms with van der Waals surface area (Å²) in [6.07, 6.45) is 5.55. The van der Waals surface area contributed by atoms with E-state index in [0.717, 1.165) is 50.3 Å². The predicted molar refractivity (Wildman–Crippen MR) is 104 cm³/mol. The summed E-state index contributed by atoms with van der Waals surface area (Å²) in [4.78, 5) is 19.9. The van der Waals surface area contributed by atoms with E-state index in [-0.39, 0.29) is 5.92 Å². The van der Waals surface area contributed by atoms with Crippen LogP contribution in [0.3, 0.4) is 0 Å². The van der Waals surface area contributed by atoms with Crippen LogP contribution in [0.1, 0.15) is 42.6 Å². The molecule has 1 unspecified atom stereocenters. The van der Waals surface area contributed by atoms with Crippen molar-refractivity contribution in [3.05, 3.63) is 17.0 Å². The number of hydrogen-bond donors (Lipinski definition) is 1. The average molecular weight is 362 g/mol. The molecule has 146 valence electrons. The third-order valence-electron chi connectivity index (χ3n) is 6.36. The van der Waals surface area contributed by atoms with Crippen LogP contribution in [0.4, 0.5) is 0 Å². The summed E-state index contributed by atoms with van der Waals surface area (Å²) in [5.41, 5.74) is 3.42. The Morgan fingerprint density at radius 3 is 2.62 bits per heavy atom. The van der Waals surface area contributed by atoms with E-state index in [0.29, 0.717) is 11.9 Å². The number of nitrogens with zero attached hydrogens (tertiary/aromatic N) is 4. The molecule has 1 aromatic rings. The Hall–Kier alpha value is -1.40. The Balaban J connectivity index is 1.51. The molecular weight excluding hydrogens is 326 g/mol. The van der Waals surface area contributed by atoms with Gasteiger partial charge < -0.3 is 9.80 Å². The summed E-state index contributed by atoms with van der Waals surface area (Å²) in [7, 11) is 4.17. The fourth-order valence-corrected chi connectivity index (χ4v) is 4.54. The number of nitrogens with one attached hydrogen (secondary N) is 1. The number of aromatic nitrogens is 2. The quantitative estimate of drug-likeness (QED) is 0.869. The van der Waals surface area contributed by atoms with E-state index in [9.17, 15) is 4.79 Å². The first-order chi connectivity index (χ1) is 12.5.